The third-order valence-electron chi connectivity index (χ3n) is 2.28. The first-order valence-electron chi connectivity index (χ1n) is 4.98. The van der Waals surface area contributed by atoms with Crippen LogP contribution in [0, 0.1) is 0 Å². The lowest BCUT2D eigenvalue weighted by Gasteiger charge is -2.17. The van der Waals surface area contributed by atoms with E-state index in [9.17, 15) is 18.4 Å². The second-order valence-corrected chi connectivity index (χ2v) is 3.71. The monoisotopic (exact) mass is 236 g/mol. The highest BCUT2D eigenvalue weighted by Crippen LogP contribution is 2.10. The first-order chi connectivity index (χ1) is 7.44. The summed E-state index contributed by atoms with van der Waals surface area (Å²) in [4.78, 5) is 23.6. The van der Waals surface area contributed by atoms with E-state index < -0.39 is 25.0 Å². The molecule has 1 aliphatic rings. The van der Waals surface area contributed by atoms with Gasteiger partial charge in [-0.3, -0.25) is 9.59 Å². The Balaban J connectivity index is 2.28. The van der Waals surface area contributed by atoms with Gasteiger partial charge in [0.05, 0.1) is 13.1 Å². The van der Waals surface area contributed by atoms with E-state index in [2.05, 4.69) is 0 Å². The molecule has 7 heteroatoms. The summed E-state index contributed by atoms with van der Waals surface area (Å²) in [5.74, 6) is -4.09. The molecule has 0 spiro atoms. The van der Waals surface area contributed by atoms with Crippen LogP contribution in [0.4, 0.5) is 8.78 Å². The number of rotatable bonds is 5. The molecule has 0 aromatic rings. The standard InChI is InChI=1S/C9H14F2N2O3/c10-9(11,6-14)5-12-7(15)4-13-3-1-2-8(13)16/h14H,1-6H2,(H,12,15). The molecule has 1 fully saturated rings. The second kappa shape index (κ2) is 5.20. The van der Waals surface area contributed by atoms with E-state index in [0.717, 1.165) is 0 Å². The molecular formula is C9H14F2N2O3. The van der Waals surface area contributed by atoms with Crippen molar-refractivity contribution in [2.45, 2.75) is 18.8 Å². The number of amides is 2. The zero-order valence-electron chi connectivity index (χ0n) is 8.71. The molecule has 1 heterocycles. The van der Waals surface area contributed by atoms with Crippen molar-refractivity contribution in [2.75, 3.05) is 26.2 Å². The van der Waals surface area contributed by atoms with E-state index in [0.29, 0.717) is 19.4 Å². The Kier molecular flexibility index (Phi) is 4.17. The predicted octanol–water partition coefficient (Wildman–Crippen LogP) is -0.647. The van der Waals surface area contributed by atoms with Gasteiger partial charge in [0, 0.05) is 13.0 Å². The molecule has 1 aliphatic heterocycles. The number of carbonyl (C=O) groups excluding carboxylic acids is 2. The fourth-order valence-electron chi connectivity index (χ4n) is 1.38. The van der Waals surface area contributed by atoms with Gasteiger partial charge in [-0.25, -0.2) is 8.78 Å². The van der Waals surface area contributed by atoms with E-state index in [-0.39, 0.29) is 12.5 Å². The Morgan fingerprint density at radius 3 is 2.75 bits per heavy atom. The van der Waals surface area contributed by atoms with Crippen molar-refractivity contribution >= 4 is 11.8 Å². The number of aliphatic hydroxyl groups is 1. The van der Waals surface area contributed by atoms with Crippen LogP contribution in [0.3, 0.4) is 0 Å². The van der Waals surface area contributed by atoms with Crippen LogP contribution in [0.5, 0.6) is 0 Å². The average molecular weight is 236 g/mol. The summed E-state index contributed by atoms with van der Waals surface area (Å²) in [5, 5.41) is 10.2. The minimum absolute atomic E-state index is 0.135. The molecule has 1 rings (SSSR count). The van der Waals surface area contributed by atoms with Crippen LogP contribution in [-0.2, 0) is 9.59 Å². The van der Waals surface area contributed by atoms with Crippen molar-refractivity contribution in [3.8, 4) is 0 Å². The van der Waals surface area contributed by atoms with Crippen LogP contribution < -0.4 is 5.32 Å². The van der Waals surface area contributed by atoms with Gasteiger partial charge in [0.25, 0.3) is 5.92 Å². The molecule has 0 atom stereocenters. The summed E-state index contributed by atoms with van der Waals surface area (Å²) in [6.45, 7) is -1.93. The van der Waals surface area contributed by atoms with Gasteiger partial charge in [0.15, 0.2) is 0 Å². The summed E-state index contributed by atoms with van der Waals surface area (Å²) in [6.07, 6.45) is 1.10. The Hall–Kier alpha value is -1.24. The SMILES string of the molecule is O=C(CN1CCCC1=O)NCC(F)(F)CO. The number of nitrogens with zero attached hydrogens (tertiary/aromatic N) is 1. The number of halogens is 2. The number of carbonyl (C=O) groups is 2. The highest BCUT2D eigenvalue weighted by molar-refractivity contribution is 5.85. The molecule has 5 nitrogen and oxygen atoms in total. The first-order valence-corrected chi connectivity index (χ1v) is 4.98. The lowest BCUT2D eigenvalue weighted by Crippen LogP contribution is -2.43. The Bertz CT molecular complexity index is 284. The topological polar surface area (TPSA) is 69.6 Å². The van der Waals surface area contributed by atoms with Crippen LogP contribution in [-0.4, -0.2) is 54.0 Å². The van der Waals surface area contributed by atoms with Crippen molar-refractivity contribution in [1.29, 1.82) is 0 Å². The normalized spacial score (nSPS) is 16.7. The molecule has 2 N–H and O–H groups in total. The Morgan fingerprint density at radius 1 is 1.56 bits per heavy atom. The van der Waals surface area contributed by atoms with Gasteiger partial charge >= 0.3 is 0 Å². The summed E-state index contributed by atoms with van der Waals surface area (Å²) in [7, 11) is 0. The predicted molar refractivity (Wildman–Crippen MR) is 50.9 cm³/mol. The van der Waals surface area contributed by atoms with Gasteiger partial charge in [0.2, 0.25) is 11.8 Å². The fraction of sp³-hybridized carbons (Fsp3) is 0.778. The van der Waals surface area contributed by atoms with Gasteiger partial charge in [-0.15, -0.1) is 0 Å². The molecule has 0 saturated carbocycles. The van der Waals surface area contributed by atoms with E-state index >= 15 is 0 Å². The van der Waals surface area contributed by atoms with Crippen molar-refractivity contribution in [3.63, 3.8) is 0 Å². The number of hydrogen-bond acceptors (Lipinski definition) is 3. The molecule has 1 saturated heterocycles. The fourth-order valence-corrected chi connectivity index (χ4v) is 1.38. The number of alkyl halides is 2. The van der Waals surface area contributed by atoms with E-state index in [1.54, 1.807) is 0 Å². The molecule has 92 valence electrons. The van der Waals surface area contributed by atoms with Crippen molar-refractivity contribution in [1.82, 2.24) is 10.2 Å². The lowest BCUT2D eigenvalue weighted by atomic mass is 10.3. The smallest absolute Gasteiger partial charge is 0.287 e. The van der Waals surface area contributed by atoms with E-state index in [1.807, 2.05) is 5.32 Å². The zero-order chi connectivity index (χ0) is 12.2. The molecule has 0 aliphatic carbocycles. The Morgan fingerprint density at radius 2 is 2.25 bits per heavy atom. The quantitative estimate of drug-likeness (QED) is 0.666. The third kappa shape index (κ3) is 3.73. The van der Waals surface area contributed by atoms with Crippen LogP contribution >= 0.6 is 0 Å². The number of hydrogen-bond donors (Lipinski definition) is 2. The van der Waals surface area contributed by atoms with Gasteiger partial charge in [-0.2, -0.15) is 0 Å². The largest absolute Gasteiger partial charge is 0.390 e. The lowest BCUT2D eigenvalue weighted by molar-refractivity contribution is -0.134. The number of nitrogens with one attached hydrogen (secondary N) is 1. The minimum Gasteiger partial charge on any atom is -0.390 e. The molecular weight excluding hydrogens is 222 g/mol. The van der Waals surface area contributed by atoms with Crippen LogP contribution in [0.2, 0.25) is 0 Å². The van der Waals surface area contributed by atoms with Crippen molar-refractivity contribution in [2.24, 2.45) is 0 Å². The van der Waals surface area contributed by atoms with E-state index in [1.165, 1.54) is 4.90 Å². The highest BCUT2D eigenvalue weighted by atomic mass is 19.3. The zero-order valence-corrected chi connectivity index (χ0v) is 8.71. The van der Waals surface area contributed by atoms with Gasteiger partial charge in [-0.1, -0.05) is 0 Å². The second-order valence-electron chi connectivity index (χ2n) is 3.71. The first kappa shape index (κ1) is 12.8. The maximum atomic E-state index is 12.6. The summed E-state index contributed by atoms with van der Waals surface area (Å²) in [5.41, 5.74) is 0. The molecule has 0 bridgehead atoms. The van der Waals surface area contributed by atoms with Crippen LogP contribution in [0.15, 0.2) is 0 Å². The summed E-state index contributed by atoms with van der Waals surface area (Å²) in [6, 6.07) is 0. The van der Waals surface area contributed by atoms with Crippen LogP contribution in [0.1, 0.15) is 12.8 Å². The molecule has 0 radical (unpaired) electrons. The Labute approximate surface area is 91.4 Å². The maximum absolute atomic E-state index is 12.6. The summed E-state index contributed by atoms with van der Waals surface area (Å²) < 4.78 is 25.1. The van der Waals surface area contributed by atoms with Gasteiger partial charge in [0.1, 0.15) is 6.61 Å². The number of likely N-dealkylation sites (tertiary alicyclic amines) is 1. The van der Waals surface area contributed by atoms with Crippen LogP contribution in [0.25, 0.3) is 0 Å². The van der Waals surface area contributed by atoms with E-state index in [4.69, 9.17) is 5.11 Å². The highest BCUT2D eigenvalue weighted by Gasteiger charge is 2.29. The minimum atomic E-state index is -3.31. The molecule has 2 amide bonds. The molecule has 16 heavy (non-hydrogen) atoms. The van der Waals surface area contributed by atoms with Crippen molar-refractivity contribution < 1.29 is 23.5 Å². The third-order valence-corrected chi connectivity index (χ3v) is 2.28. The summed E-state index contributed by atoms with van der Waals surface area (Å²) >= 11 is 0. The van der Waals surface area contributed by atoms with Crippen molar-refractivity contribution in [3.05, 3.63) is 0 Å². The average Bonchev–Trinajstić information content (AvgIpc) is 2.62. The number of aliphatic hydroxyl groups excluding tert-OH is 1. The molecule has 0 unspecified atom stereocenters. The molecule has 0 aromatic carbocycles. The van der Waals surface area contributed by atoms with Gasteiger partial charge < -0.3 is 15.3 Å². The molecule has 0 aromatic heterocycles. The van der Waals surface area contributed by atoms with Gasteiger partial charge in [-0.05, 0) is 6.42 Å². The maximum Gasteiger partial charge on any atom is 0.287 e.